The third-order valence-electron chi connectivity index (χ3n) is 4.71. The molecule has 0 bridgehead atoms. The third-order valence-corrected chi connectivity index (χ3v) is 4.71. The van der Waals surface area contributed by atoms with Crippen molar-refractivity contribution in [2.24, 2.45) is 0 Å². The lowest BCUT2D eigenvalue weighted by atomic mass is 9.98. The summed E-state index contributed by atoms with van der Waals surface area (Å²) in [5.41, 5.74) is 3.44. The van der Waals surface area contributed by atoms with Gasteiger partial charge in [-0.3, -0.25) is 4.79 Å². The SMILES string of the molecule is C=CC(=O)CCC.CC(F)(F)F.CCC(=N)c1c(C(O)CO)ccnc1Nc1ccc(C)cc1.CCCC. The van der Waals surface area contributed by atoms with Crippen molar-refractivity contribution in [1.29, 1.82) is 5.41 Å². The number of aliphatic hydroxyl groups excluding tert-OH is 2. The topological polar surface area (TPSA) is 106 Å². The Bertz CT molecular complexity index is 938. The summed E-state index contributed by atoms with van der Waals surface area (Å²) in [6.07, 6.45) is 2.62. The first-order valence-corrected chi connectivity index (χ1v) is 12.7. The van der Waals surface area contributed by atoms with Crippen LogP contribution in [0.25, 0.3) is 0 Å². The van der Waals surface area contributed by atoms with Crippen molar-refractivity contribution in [2.75, 3.05) is 11.9 Å². The lowest BCUT2D eigenvalue weighted by Crippen LogP contribution is -2.13. The van der Waals surface area contributed by atoms with Crippen LogP contribution in [0, 0.1) is 12.3 Å². The number of allylic oxidation sites excluding steroid dienone is 1. The van der Waals surface area contributed by atoms with Gasteiger partial charge in [0.05, 0.1) is 6.61 Å². The van der Waals surface area contributed by atoms with E-state index in [1.54, 1.807) is 12.3 Å². The highest BCUT2D eigenvalue weighted by molar-refractivity contribution is 6.04. The highest BCUT2D eigenvalue weighted by Crippen LogP contribution is 2.27. The van der Waals surface area contributed by atoms with Crippen molar-refractivity contribution in [3.63, 3.8) is 0 Å². The lowest BCUT2D eigenvalue weighted by Gasteiger charge is -2.18. The van der Waals surface area contributed by atoms with Crippen molar-refractivity contribution in [1.82, 2.24) is 4.98 Å². The molecule has 1 atom stereocenters. The number of aromatic nitrogens is 1. The van der Waals surface area contributed by atoms with Crippen LogP contribution in [0.3, 0.4) is 0 Å². The van der Waals surface area contributed by atoms with E-state index in [1.165, 1.54) is 18.9 Å². The van der Waals surface area contributed by atoms with Crippen molar-refractivity contribution < 1.29 is 28.2 Å². The standard InChI is InChI=1S/C17H21N3O2.C6H10O.C4H10.C2H3F3/c1-3-14(18)16-13(15(22)10-21)8-9-19-17(16)20-12-6-4-11(2)5-7-12;1-3-5-6(7)4-2;1-3-4-2;1-2(3,4)5/h4-9,15,18,21-22H,3,10H2,1-2H3,(H,19,20);4H,2-3,5H2,1H3;3-4H2,1-2H3;1H3. The molecule has 0 amide bonds. The zero-order valence-electron chi connectivity index (χ0n) is 23.5. The smallest absolute Gasteiger partial charge is 0.386 e. The van der Waals surface area contributed by atoms with Crippen molar-refractivity contribution >= 4 is 23.0 Å². The van der Waals surface area contributed by atoms with Crippen LogP contribution in [-0.2, 0) is 4.79 Å². The normalized spacial score (nSPS) is 10.8. The second-order valence-corrected chi connectivity index (χ2v) is 8.35. The number of anilines is 2. The number of halogens is 3. The number of nitrogens with one attached hydrogen (secondary N) is 2. The van der Waals surface area contributed by atoms with E-state index >= 15 is 0 Å². The predicted octanol–water partition coefficient (Wildman–Crippen LogP) is 7.85. The Hall–Kier alpha value is -3.04. The fraction of sp³-hybridized carbons (Fsp3) is 0.483. The lowest BCUT2D eigenvalue weighted by molar-refractivity contribution is -0.114. The number of nitrogens with zero attached hydrogens (tertiary/aromatic N) is 1. The van der Waals surface area contributed by atoms with Gasteiger partial charge in [-0.05, 0) is 49.6 Å². The summed E-state index contributed by atoms with van der Waals surface area (Å²) < 4.78 is 31.1. The monoisotopic (exact) mass is 539 g/mol. The molecule has 0 aliphatic heterocycles. The second kappa shape index (κ2) is 21.0. The molecule has 1 aromatic heterocycles. The number of aryl methyl sites for hydroxylation is 1. The average molecular weight is 540 g/mol. The minimum Gasteiger partial charge on any atom is -0.393 e. The molecular weight excluding hydrogens is 495 g/mol. The molecule has 0 radical (unpaired) electrons. The zero-order valence-corrected chi connectivity index (χ0v) is 23.5. The molecule has 0 saturated heterocycles. The molecule has 2 rings (SSSR count). The molecule has 0 fully saturated rings. The summed E-state index contributed by atoms with van der Waals surface area (Å²) in [6, 6.07) is 9.48. The fourth-order valence-corrected chi connectivity index (χ4v) is 2.56. The molecule has 1 heterocycles. The number of carbonyl (C=O) groups excluding carboxylic acids is 1. The van der Waals surface area contributed by atoms with E-state index in [1.807, 2.05) is 45.0 Å². The number of ketones is 1. The maximum atomic E-state index is 10.4. The Morgan fingerprint density at radius 3 is 2.00 bits per heavy atom. The van der Waals surface area contributed by atoms with Gasteiger partial charge in [-0.1, -0.05) is 64.8 Å². The number of pyridine rings is 1. The first-order valence-electron chi connectivity index (χ1n) is 12.7. The van der Waals surface area contributed by atoms with E-state index < -0.39 is 18.9 Å². The molecule has 0 aliphatic rings. The van der Waals surface area contributed by atoms with E-state index in [-0.39, 0.29) is 12.7 Å². The van der Waals surface area contributed by atoms with E-state index in [9.17, 15) is 28.2 Å². The average Bonchev–Trinajstić information content (AvgIpc) is 2.88. The largest absolute Gasteiger partial charge is 0.393 e. The maximum Gasteiger partial charge on any atom is 0.386 e. The Morgan fingerprint density at radius 1 is 1.11 bits per heavy atom. The first kappa shape index (κ1) is 37.1. The van der Waals surface area contributed by atoms with Crippen LogP contribution in [0.4, 0.5) is 24.7 Å². The Morgan fingerprint density at radius 2 is 1.63 bits per heavy atom. The molecule has 0 saturated carbocycles. The molecule has 4 N–H and O–H groups in total. The molecule has 0 aliphatic carbocycles. The van der Waals surface area contributed by atoms with Gasteiger partial charge in [0.2, 0.25) is 0 Å². The van der Waals surface area contributed by atoms with Crippen molar-refractivity contribution in [3.05, 3.63) is 65.9 Å². The fourth-order valence-electron chi connectivity index (χ4n) is 2.56. The van der Waals surface area contributed by atoms with Crippen LogP contribution in [0.5, 0.6) is 0 Å². The minimum atomic E-state index is -4.00. The number of carbonyl (C=O) groups is 1. The van der Waals surface area contributed by atoms with Gasteiger partial charge >= 0.3 is 6.18 Å². The van der Waals surface area contributed by atoms with Crippen LogP contribution in [0.1, 0.15) is 89.5 Å². The van der Waals surface area contributed by atoms with Gasteiger partial charge in [-0.15, -0.1) is 0 Å². The van der Waals surface area contributed by atoms with Gasteiger partial charge < -0.3 is 20.9 Å². The summed E-state index contributed by atoms with van der Waals surface area (Å²) >= 11 is 0. The summed E-state index contributed by atoms with van der Waals surface area (Å²) in [7, 11) is 0. The van der Waals surface area contributed by atoms with E-state index in [0.717, 1.165) is 17.7 Å². The molecule has 9 heteroatoms. The predicted molar refractivity (Wildman–Crippen MR) is 150 cm³/mol. The van der Waals surface area contributed by atoms with Gasteiger partial charge in [0.15, 0.2) is 5.78 Å². The Kier molecular flexibility index (Phi) is 20.5. The number of benzene rings is 1. The van der Waals surface area contributed by atoms with E-state index in [2.05, 4.69) is 30.7 Å². The van der Waals surface area contributed by atoms with Gasteiger partial charge in [0.25, 0.3) is 0 Å². The minimum absolute atomic E-state index is 0.141. The molecule has 1 unspecified atom stereocenters. The summed E-state index contributed by atoms with van der Waals surface area (Å²) in [5, 5.41) is 30.5. The number of aliphatic hydroxyl groups is 2. The third kappa shape index (κ3) is 18.2. The second-order valence-electron chi connectivity index (χ2n) is 8.35. The zero-order chi connectivity index (χ0) is 29.7. The molecular formula is C29H44F3N3O3. The van der Waals surface area contributed by atoms with E-state index in [0.29, 0.717) is 35.5 Å². The maximum absolute atomic E-state index is 10.4. The number of rotatable bonds is 10. The van der Waals surface area contributed by atoms with Gasteiger partial charge in [-0.2, -0.15) is 13.2 Å². The molecule has 2 aromatic rings. The molecule has 6 nitrogen and oxygen atoms in total. The number of alkyl halides is 3. The quantitative estimate of drug-likeness (QED) is 0.182. The van der Waals surface area contributed by atoms with Gasteiger partial charge in [-0.25, -0.2) is 4.98 Å². The molecule has 1 aromatic carbocycles. The van der Waals surface area contributed by atoms with Crippen LogP contribution >= 0.6 is 0 Å². The Balaban J connectivity index is 0. The molecule has 38 heavy (non-hydrogen) atoms. The van der Waals surface area contributed by atoms with Gasteiger partial charge in [0.1, 0.15) is 11.9 Å². The highest BCUT2D eigenvalue weighted by atomic mass is 19.4. The van der Waals surface area contributed by atoms with Crippen LogP contribution in [-0.4, -0.2) is 39.5 Å². The van der Waals surface area contributed by atoms with Crippen molar-refractivity contribution in [3.8, 4) is 0 Å². The summed E-state index contributed by atoms with van der Waals surface area (Å²) in [4.78, 5) is 14.6. The van der Waals surface area contributed by atoms with Crippen LogP contribution in [0.15, 0.2) is 49.2 Å². The molecule has 214 valence electrons. The van der Waals surface area contributed by atoms with Gasteiger partial charge in [0, 0.05) is 36.5 Å². The van der Waals surface area contributed by atoms with Crippen LogP contribution < -0.4 is 5.32 Å². The highest BCUT2D eigenvalue weighted by Gasteiger charge is 2.19. The van der Waals surface area contributed by atoms with Crippen molar-refractivity contribution in [2.45, 2.75) is 85.9 Å². The number of hydrogen-bond acceptors (Lipinski definition) is 6. The summed E-state index contributed by atoms with van der Waals surface area (Å²) in [5.74, 6) is 0.656. The van der Waals surface area contributed by atoms with Crippen LogP contribution in [0.2, 0.25) is 0 Å². The number of hydrogen-bond donors (Lipinski definition) is 4. The van der Waals surface area contributed by atoms with E-state index in [4.69, 9.17) is 5.41 Å². The first-order chi connectivity index (χ1) is 17.8. The molecule has 0 spiro atoms. The number of unbranched alkanes of at least 4 members (excludes halogenated alkanes) is 1. The Labute approximate surface area is 225 Å². The summed E-state index contributed by atoms with van der Waals surface area (Å²) in [6.45, 7) is 13.3.